The van der Waals surface area contributed by atoms with E-state index in [1.165, 1.54) is 0 Å². The van der Waals surface area contributed by atoms with E-state index in [0.29, 0.717) is 18.4 Å². The molecular weight excluding hydrogens is 417 g/mol. The molecule has 11 heteroatoms. The number of aromatic nitrogens is 2. The van der Waals surface area contributed by atoms with E-state index in [4.69, 9.17) is 14.6 Å². The molecule has 0 aliphatic carbocycles. The number of carbonyl (C=O) groups is 2. The molecule has 168 valence electrons. The highest BCUT2D eigenvalue weighted by molar-refractivity contribution is 5.93. The minimum atomic E-state index is -5.08. The van der Waals surface area contributed by atoms with Gasteiger partial charge in [0.15, 0.2) is 0 Å². The van der Waals surface area contributed by atoms with E-state index >= 15 is 0 Å². The molecule has 2 aromatic heterocycles. The summed E-state index contributed by atoms with van der Waals surface area (Å²) < 4.78 is 39.6. The summed E-state index contributed by atoms with van der Waals surface area (Å²) >= 11 is 0. The third kappa shape index (κ3) is 5.54. The van der Waals surface area contributed by atoms with Gasteiger partial charge in [0.2, 0.25) is 0 Å². The van der Waals surface area contributed by atoms with Gasteiger partial charge in [-0.1, -0.05) is 6.07 Å². The quantitative estimate of drug-likeness (QED) is 0.757. The van der Waals surface area contributed by atoms with Gasteiger partial charge in [-0.2, -0.15) is 13.2 Å². The number of halogens is 3. The van der Waals surface area contributed by atoms with E-state index in [-0.39, 0.29) is 12.0 Å². The monoisotopic (exact) mass is 440 g/mol. The lowest BCUT2D eigenvalue weighted by Crippen LogP contribution is -2.33. The van der Waals surface area contributed by atoms with Gasteiger partial charge in [0.05, 0.1) is 12.7 Å². The highest BCUT2D eigenvalue weighted by Gasteiger charge is 2.45. The van der Waals surface area contributed by atoms with Crippen LogP contribution in [0.2, 0.25) is 0 Å². The molecule has 0 bridgehead atoms. The SMILES string of the molecule is Cn1cccc1C(=O)N1C[C@@H]2[C@@H](CNc3ccccn3)CO[C@@H]2C1.O=C(O)C(F)(F)F. The number of carbonyl (C=O) groups excluding carboxylic acids is 1. The number of hydrogen-bond donors (Lipinski definition) is 2. The third-order valence-electron chi connectivity index (χ3n) is 5.34. The maximum absolute atomic E-state index is 12.7. The lowest BCUT2D eigenvalue weighted by molar-refractivity contribution is -0.192. The Hall–Kier alpha value is -3.08. The third-order valence-corrected chi connectivity index (χ3v) is 5.34. The summed E-state index contributed by atoms with van der Waals surface area (Å²) in [6.45, 7) is 3.03. The molecule has 2 aliphatic heterocycles. The number of fused-ring (bicyclic) bond motifs is 1. The second-order valence-corrected chi connectivity index (χ2v) is 7.41. The molecule has 0 spiro atoms. The molecule has 31 heavy (non-hydrogen) atoms. The molecule has 8 nitrogen and oxygen atoms in total. The molecule has 0 radical (unpaired) electrons. The lowest BCUT2D eigenvalue weighted by Gasteiger charge is -2.20. The summed E-state index contributed by atoms with van der Waals surface area (Å²) in [6, 6.07) is 9.62. The normalized spacial score (nSPS) is 22.5. The zero-order valence-electron chi connectivity index (χ0n) is 16.7. The van der Waals surface area contributed by atoms with Crippen LogP contribution in [0.1, 0.15) is 10.5 Å². The van der Waals surface area contributed by atoms with Crippen molar-refractivity contribution in [3.05, 3.63) is 48.4 Å². The Kier molecular flexibility index (Phi) is 6.84. The Bertz CT molecular complexity index is 903. The fourth-order valence-electron chi connectivity index (χ4n) is 3.72. The molecule has 2 aliphatic rings. The number of nitrogens with one attached hydrogen (secondary N) is 1. The highest BCUT2D eigenvalue weighted by atomic mass is 19.4. The highest BCUT2D eigenvalue weighted by Crippen LogP contribution is 2.34. The first-order valence-electron chi connectivity index (χ1n) is 9.64. The van der Waals surface area contributed by atoms with Crippen LogP contribution in [-0.4, -0.2) is 70.0 Å². The summed E-state index contributed by atoms with van der Waals surface area (Å²) in [4.78, 5) is 27.8. The van der Waals surface area contributed by atoms with Gasteiger partial charge in [-0.3, -0.25) is 4.79 Å². The number of aliphatic carboxylic acids is 1. The number of ether oxygens (including phenoxy) is 1. The molecule has 4 heterocycles. The lowest BCUT2D eigenvalue weighted by atomic mass is 9.93. The number of anilines is 1. The predicted octanol–water partition coefficient (Wildman–Crippen LogP) is 2.25. The van der Waals surface area contributed by atoms with Crippen molar-refractivity contribution in [3.8, 4) is 0 Å². The molecule has 3 atom stereocenters. The number of amides is 1. The number of pyridine rings is 1. The summed E-state index contributed by atoms with van der Waals surface area (Å²) in [6.07, 6.45) is -1.24. The van der Waals surface area contributed by atoms with Gasteiger partial charge in [0, 0.05) is 50.9 Å². The standard InChI is InChI=1S/C18H22N4O2.C2HF3O2/c1-21-8-4-5-15(21)18(23)22-10-14-13(12-24-16(14)11-22)9-20-17-6-2-3-7-19-17;3-2(4,5)1(6)7/h2-8,13-14,16H,9-12H2,1H3,(H,19,20);(H,6,7)/t13-,14+,16+;/m0./s1. The zero-order chi connectivity index (χ0) is 22.6. The topological polar surface area (TPSA) is 96.7 Å². The van der Waals surface area contributed by atoms with E-state index < -0.39 is 12.1 Å². The van der Waals surface area contributed by atoms with E-state index in [9.17, 15) is 18.0 Å². The van der Waals surface area contributed by atoms with Crippen LogP contribution in [0.3, 0.4) is 0 Å². The number of carboxylic acids is 1. The van der Waals surface area contributed by atoms with E-state index in [1.54, 1.807) is 6.20 Å². The maximum Gasteiger partial charge on any atom is 0.490 e. The van der Waals surface area contributed by atoms with Gasteiger partial charge >= 0.3 is 12.1 Å². The molecule has 2 saturated heterocycles. The van der Waals surface area contributed by atoms with Gasteiger partial charge in [-0.15, -0.1) is 0 Å². The first-order valence-corrected chi connectivity index (χ1v) is 9.64. The smallest absolute Gasteiger partial charge is 0.475 e. The number of nitrogens with zero attached hydrogens (tertiary/aromatic N) is 3. The van der Waals surface area contributed by atoms with E-state index in [0.717, 1.165) is 31.2 Å². The Morgan fingerprint density at radius 3 is 2.58 bits per heavy atom. The summed E-state index contributed by atoms with van der Waals surface area (Å²) in [5.74, 6) is -0.978. The van der Waals surface area contributed by atoms with Crippen molar-refractivity contribution in [1.29, 1.82) is 0 Å². The average Bonchev–Trinajstić information content (AvgIpc) is 3.42. The number of carboxylic acid groups (broad SMARTS) is 1. The molecular formula is C20H23F3N4O4. The molecule has 0 unspecified atom stereocenters. The van der Waals surface area contributed by atoms with Crippen molar-refractivity contribution in [2.45, 2.75) is 12.3 Å². The number of hydrogen-bond acceptors (Lipinski definition) is 5. The first-order chi connectivity index (χ1) is 14.7. The second-order valence-electron chi connectivity index (χ2n) is 7.41. The molecule has 1 amide bonds. The van der Waals surface area contributed by atoms with Crippen molar-refractivity contribution >= 4 is 17.7 Å². The molecule has 4 rings (SSSR count). The molecule has 0 saturated carbocycles. The molecule has 0 aromatic carbocycles. The number of alkyl halides is 3. The average molecular weight is 440 g/mol. The summed E-state index contributed by atoms with van der Waals surface area (Å²) in [5.41, 5.74) is 0.734. The predicted molar refractivity (Wildman–Crippen MR) is 104 cm³/mol. The minimum Gasteiger partial charge on any atom is -0.475 e. The van der Waals surface area contributed by atoms with Gasteiger partial charge < -0.3 is 24.6 Å². The Labute approximate surface area is 176 Å². The Balaban J connectivity index is 0.000000339. The Morgan fingerprint density at radius 1 is 1.26 bits per heavy atom. The van der Waals surface area contributed by atoms with Crippen LogP contribution in [0.5, 0.6) is 0 Å². The Morgan fingerprint density at radius 2 is 2.00 bits per heavy atom. The number of aryl methyl sites for hydroxylation is 1. The summed E-state index contributed by atoms with van der Waals surface area (Å²) in [7, 11) is 1.90. The minimum absolute atomic E-state index is 0.0944. The van der Waals surface area contributed by atoms with Crippen LogP contribution >= 0.6 is 0 Å². The second kappa shape index (κ2) is 9.38. The van der Waals surface area contributed by atoms with E-state index in [1.807, 2.05) is 53.0 Å². The summed E-state index contributed by atoms with van der Waals surface area (Å²) in [5, 5.41) is 10.5. The molecule has 2 N–H and O–H groups in total. The van der Waals surface area contributed by atoms with Crippen LogP contribution in [0.15, 0.2) is 42.7 Å². The number of likely N-dealkylation sites (tertiary alicyclic amines) is 1. The first kappa shape index (κ1) is 22.6. The fraction of sp³-hybridized carbons (Fsp3) is 0.450. The molecule has 2 fully saturated rings. The van der Waals surface area contributed by atoms with Gasteiger partial charge in [0.1, 0.15) is 11.5 Å². The fourth-order valence-corrected chi connectivity index (χ4v) is 3.72. The van der Waals surface area contributed by atoms with Crippen molar-refractivity contribution < 1.29 is 32.6 Å². The van der Waals surface area contributed by atoms with Crippen LogP contribution in [0.4, 0.5) is 19.0 Å². The van der Waals surface area contributed by atoms with Gasteiger partial charge in [-0.25, -0.2) is 9.78 Å². The van der Waals surface area contributed by atoms with Crippen LogP contribution in [-0.2, 0) is 16.6 Å². The number of rotatable bonds is 4. The van der Waals surface area contributed by atoms with Crippen LogP contribution < -0.4 is 5.32 Å². The van der Waals surface area contributed by atoms with Gasteiger partial charge in [-0.05, 0) is 24.3 Å². The van der Waals surface area contributed by atoms with Crippen molar-refractivity contribution in [2.24, 2.45) is 18.9 Å². The maximum atomic E-state index is 12.7. The zero-order valence-corrected chi connectivity index (χ0v) is 16.7. The van der Waals surface area contributed by atoms with Gasteiger partial charge in [0.25, 0.3) is 5.91 Å². The molecule has 2 aromatic rings. The largest absolute Gasteiger partial charge is 0.490 e. The van der Waals surface area contributed by atoms with Crippen LogP contribution in [0, 0.1) is 11.8 Å². The van der Waals surface area contributed by atoms with Crippen molar-refractivity contribution in [2.75, 3.05) is 31.6 Å². The van der Waals surface area contributed by atoms with Crippen molar-refractivity contribution in [3.63, 3.8) is 0 Å². The van der Waals surface area contributed by atoms with Crippen LogP contribution in [0.25, 0.3) is 0 Å². The van der Waals surface area contributed by atoms with E-state index in [2.05, 4.69) is 10.3 Å². The van der Waals surface area contributed by atoms with Crippen molar-refractivity contribution in [1.82, 2.24) is 14.5 Å².